The zero-order chi connectivity index (χ0) is 11.8. The molecule has 0 saturated heterocycles. The number of rotatable bonds is 6. The van der Waals surface area contributed by atoms with E-state index >= 15 is 0 Å². The molecular weight excluding hydrogens is 198 g/mol. The molecule has 0 spiro atoms. The third kappa shape index (κ3) is 6.90. The molecule has 1 atom stereocenters. The highest BCUT2D eigenvalue weighted by molar-refractivity contribution is 5.84. The molecule has 0 rings (SSSR count). The number of amides is 1. The van der Waals surface area contributed by atoms with E-state index in [1.807, 2.05) is 13.8 Å². The Labute approximate surface area is 90.1 Å². The number of esters is 1. The van der Waals surface area contributed by atoms with Gasteiger partial charge in [0.05, 0.1) is 12.7 Å². The first-order chi connectivity index (χ1) is 6.97. The fraction of sp³-hybridized carbons (Fsp3) is 0.800. The summed E-state index contributed by atoms with van der Waals surface area (Å²) in [6.45, 7) is 7.23. The summed E-state index contributed by atoms with van der Waals surface area (Å²) in [5.41, 5.74) is 0. The molecule has 0 aliphatic rings. The number of hydrogen-bond donors (Lipinski definition) is 1. The monoisotopic (exact) mass is 217 g/mol. The molecule has 5 heteroatoms. The molecule has 0 aromatic carbocycles. The van der Waals surface area contributed by atoms with Gasteiger partial charge < -0.3 is 14.8 Å². The summed E-state index contributed by atoms with van der Waals surface area (Å²) < 4.78 is 9.82. The summed E-state index contributed by atoms with van der Waals surface area (Å²) in [4.78, 5) is 22.4. The molecule has 0 bridgehead atoms. The van der Waals surface area contributed by atoms with Crippen molar-refractivity contribution in [2.45, 2.75) is 39.8 Å². The number of hydrogen-bond acceptors (Lipinski definition) is 4. The summed E-state index contributed by atoms with van der Waals surface area (Å²) >= 11 is 0. The molecule has 0 saturated carbocycles. The van der Waals surface area contributed by atoms with Gasteiger partial charge in [0.25, 0.3) is 0 Å². The number of nitrogens with one attached hydrogen (secondary N) is 1. The molecule has 5 nitrogen and oxygen atoms in total. The van der Waals surface area contributed by atoms with Crippen molar-refractivity contribution in [2.24, 2.45) is 0 Å². The molecule has 0 aliphatic carbocycles. The Bertz CT molecular complexity index is 215. The molecule has 0 aliphatic heterocycles. The number of carbonyl (C=O) groups is 2. The number of carbonyl (C=O) groups excluding carboxylic acids is 2. The van der Waals surface area contributed by atoms with Gasteiger partial charge in [0, 0.05) is 0 Å². The molecule has 0 aromatic heterocycles. The first-order valence-electron chi connectivity index (χ1n) is 5.05. The van der Waals surface area contributed by atoms with Gasteiger partial charge in [-0.1, -0.05) is 0 Å². The van der Waals surface area contributed by atoms with Crippen LogP contribution in [0.1, 0.15) is 27.7 Å². The van der Waals surface area contributed by atoms with Crippen molar-refractivity contribution in [3.8, 4) is 0 Å². The van der Waals surface area contributed by atoms with Crippen LogP contribution in [0.3, 0.4) is 0 Å². The average Bonchev–Trinajstić information content (AvgIpc) is 2.15. The minimum absolute atomic E-state index is 0.00588. The van der Waals surface area contributed by atoms with Gasteiger partial charge in [-0.3, -0.25) is 4.79 Å². The van der Waals surface area contributed by atoms with Crippen LogP contribution in [0.15, 0.2) is 0 Å². The van der Waals surface area contributed by atoms with Crippen LogP contribution in [-0.4, -0.2) is 37.2 Å². The van der Waals surface area contributed by atoms with Gasteiger partial charge in [-0.05, 0) is 27.7 Å². The lowest BCUT2D eigenvalue weighted by Gasteiger charge is -2.13. The van der Waals surface area contributed by atoms with Gasteiger partial charge in [-0.25, -0.2) is 4.79 Å². The first-order valence-corrected chi connectivity index (χ1v) is 5.05. The Hall–Kier alpha value is -1.10. The number of ether oxygens (including phenoxy) is 2. The fourth-order valence-electron chi connectivity index (χ4n) is 0.852. The SMILES string of the molecule is CCOC(=O)C(C)NC(=O)COC(C)C. The van der Waals surface area contributed by atoms with Crippen LogP contribution in [0, 0.1) is 0 Å². The zero-order valence-electron chi connectivity index (χ0n) is 9.70. The predicted molar refractivity (Wildman–Crippen MR) is 55.3 cm³/mol. The quantitative estimate of drug-likeness (QED) is 0.657. The van der Waals surface area contributed by atoms with E-state index in [1.165, 1.54) is 0 Å². The third-order valence-corrected chi connectivity index (χ3v) is 1.57. The minimum Gasteiger partial charge on any atom is -0.464 e. The molecule has 0 aromatic rings. The molecule has 1 unspecified atom stereocenters. The van der Waals surface area contributed by atoms with Gasteiger partial charge in [0.15, 0.2) is 0 Å². The summed E-state index contributed by atoms with van der Waals surface area (Å²) in [5, 5.41) is 2.48. The maximum Gasteiger partial charge on any atom is 0.328 e. The lowest BCUT2D eigenvalue weighted by Crippen LogP contribution is -2.41. The van der Waals surface area contributed by atoms with Crippen LogP contribution < -0.4 is 5.32 Å². The van der Waals surface area contributed by atoms with Crippen molar-refractivity contribution < 1.29 is 19.1 Å². The van der Waals surface area contributed by atoms with E-state index in [2.05, 4.69) is 5.32 Å². The van der Waals surface area contributed by atoms with Crippen LogP contribution in [0.25, 0.3) is 0 Å². The van der Waals surface area contributed by atoms with Gasteiger partial charge in [0.1, 0.15) is 12.6 Å². The predicted octanol–water partition coefficient (Wildman–Crippen LogP) is 0.479. The first kappa shape index (κ1) is 13.9. The summed E-state index contributed by atoms with van der Waals surface area (Å²) in [6.07, 6.45) is -0.00588. The van der Waals surface area contributed by atoms with Crippen LogP contribution in [0.5, 0.6) is 0 Å². The minimum atomic E-state index is -0.631. The highest BCUT2D eigenvalue weighted by atomic mass is 16.5. The molecule has 1 N–H and O–H groups in total. The van der Waals surface area contributed by atoms with E-state index in [0.29, 0.717) is 6.61 Å². The van der Waals surface area contributed by atoms with Gasteiger partial charge in [-0.15, -0.1) is 0 Å². The van der Waals surface area contributed by atoms with Crippen LogP contribution >= 0.6 is 0 Å². The standard InChI is InChI=1S/C10H19NO4/c1-5-14-10(13)8(4)11-9(12)6-15-7(2)3/h7-8H,5-6H2,1-4H3,(H,11,12). The summed E-state index contributed by atoms with van der Waals surface area (Å²) in [5.74, 6) is -0.750. The van der Waals surface area contributed by atoms with Crippen molar-refractivity contribution in [1.29, 1.82) is 0 Å². The molecule has 15 heavy (non-hydrogen) atoms. The Balaban J connectivity index is 3.80. The van der Waals surface area contributed by atoms with Crippen LogP contribution in [-0.2, 0) is 19.1 Å². The molecular formula is C10H19NO4. The highest BCUT2D eigenvalue weighted by Gasteiger charge is 2.16. The summed E-state index contributed by atoms with van der Waals surface area (Å²) in [6, 6.07) is -0.631. The molecule has 88 valence electrons. The molecule has 0 heterocycles. The van der Waals surface area contributed by atoms with E-state index < -0.39 is 12.0 Å². The lowest BCUT2D eigenvalue weighted by atomic mass is 10.3. The molecule has 0 radical (unpaired) electrons. The summed E-state index contributed by atoms with van der Waals surface area (Å²) in [7, 11) is 0. The maximum absolute atomic E-state index is 11.2. The maximum atomic E-state index is 11.2. The molecule has 1 amide bonds. The van der Waals surface area contributed by atoms with Crippen LogP contribution in [0.2, 0.25) is 0 Å². The van der Waals surface area contributed by atoms with E-state index in [9.17, 15) is 9.59 Å². The van der Waals surface area contributed by atoms with E-state index in [4.69, 9.17) is 9.47 Å². The highest BCUT2D eigenvalue weighted by Crippen LogP contribution is 1.90. The van der Waals surface area contributed by atoms with E-state index in [-0.39, 0.29) is 18.6 Å². The van der Waals surface area contributed by atoms with Crippen molar-refractivity contribution in [3.05, 3.63) is 0 Å². The Kier molecular flexibility index (Phi) is 6.70. The van der Waals surface area contributed by atoms with Gasteiger partial charge >= 0.3 is 5.97 Å². The van der Waals surface area contributed by atoms with Crippen LogP contribution in [0.4, 0.5) is 0 Å². The second-order valence-corrected chi connectivity index (χ2v) is 3.40. The van der Waals surface area contributed by atoms with Crippen molar-refractivity contribution in [2.75, 3.05) is 13.2 Å². The van der Waals surface area contributed by atoms with Gasteiger partial charge in [0.2, 0.25) is 5.91 Å². The fourth-order valence-corrected chi connectivity index (χ4v) is 0.852. The Morgan fingerprint density at radius 3 is 2.33 bits per heavy atom. The second-order valence-electron chi connectivity index (χ2n) is 3.40. The van der Waals surface area contributed by atoms with Crippen molar-refractivity contribution in [3.63, 3.8) is 0 Å². The van der Waals surface area contributed by atoms with Crippen molar-refractivity contribution >= 4 is 11.9 Å². The largest absolute Gasteiger partial charge is 0.464 e. The van der Waals surface area contributed by atoms with E-state index in [0.717, 1.165) is 0 Å². The average molecular weight is 217 g/mol. The third-order valence-electron chi connectivity index (χ3n) is 1.57. The second kappa shape index (κ2) is 7.23. The Morgan fingerprint density at radius 2 is 1.87 bits per heavy atom. The smallest absolute Gasteiger partial charge is 0.328 e. The van der Waals surface area contributed by atoms with Crippen molar-refractivity contribution in [1.82, 2.24) is 5.32 Å². The normalized spacial score (nSPS) is 12.3. The van der Waals surface area contributed by atoms with Gasteiger partial charge in [-0.2, -0.15) is 0 Å². The topological polar surface area (TPSA) is 64.6 Å². The van der Waals surface area contributed by atoms with E-state index in [1.54, 1.807) is 13.8 Å². The Morgan fingerprint density at radius 1 is 1.27 bits per heavy atom. The molecule has 0 fully saturated rings. The zero-order valence-corrected chi connectivity index (χ0v) is 9.70. The lowest BCUT2D eigenvalue weighted by molar-refractivity contribution is -0.147.